The molecule has 0 spiro atoms. The summed E-state index contributed by atoms with van der Waals surface area (Å²) in [4.78, 5) is 16.6. The molecule has 0 aliphatic heterocycles. The highest BCUT2D eigenvalue weighted by Gasteiger charge is 2.24. The lowest BCUT2D eigenvalue weighted by Crippen LogP contribution is -2.37. The van der Waals surface area contributed by atoms with Gasteiger partial charge in [0.2, 0.25) is 0 Å². The van der Waals surface area contributed by atoms with Crippen molar-refractivity contribution in [1.82, 2.24) is 10.5 Å². The van der Waals surface area contributed by atoms with Crippen LogP contribution in [0.4, 0.5) is 0 Å². The predicted molar refractivity (Wildman–Crippen MR) is 90.4 cm³/mol. The third kappa shape index (κ3) is 3.59. The second-order valence-electron chi connectivity index (χ2n) is 5.45. The van der Waals surface area contributed by atoms with Crippen LogP contribution in [0.1, 0.15) is 40.6 Å². The summed E-state index contributed by atoms with van der Waals surface area (Å²) in [7, 11) is 0. The van der Waals surface area contributed by atoms with Crippen LogP contribution < -0.4 is 11.1 Å². The van der Waals surface area contributed by atoms with Gasteiger partial charge in [0.1, 0.15) is 17.0 Å². The average Bonchev–Trinajstić information content (AvgIpc) is 2.86. The van der Waals surface area contributed by atoms with Crippen molar-refractivity contribution in [3.63, 3.8) is 0 Å². The van der Waals surface area contributed by atoms with E-state index in [0.717, 1.165) is 23.1 Å². The summed E-state index contributed by atoms with van der Waals surface area (Å²) in [5.74, 6) is 0.187. The molecule has 1 aromatic carbocycles. The first-order valence-corrected chi connectivity index (χ1v) is 7.59. The lowest BCUT2D eigenvalue weighted by Gasteiger charge is -2.09. The smallest absolute Gasteiger partial charge is 0.263 e. The van der Waals surface area contributed by atoms with E-state index in [-0.39, 0.29) is 11.9 Å². The van der Waals surface area contributed by atoms with Crippen molar-refractivity contribution in [2.24, 2.45) is 10.7 Å². The molecule has 0 aliphatic carbocycles. The highest BCUT2D eigenvalue weighted by molar-refractivity contribution is 6.09. The molecule has 3 N–H and O–H groups in total. The van der Waals surface area contributed by atoms with Gasteiger partial charge in [-0.25, -0.2) is 0 Å². The number of nitrogens with two attached hydrogens (primary N) is 1. The minimum absolute atomic E-state index is 0.102. The fourth-order valence-electron chi connectivity index (χ4n) is 2.45. The lowest BCUT2D eigenvalue weighted by molar-refractivity contribution is 0.0975. The number of carbonyl (C=O) groups excluding carboxylic acids is 1. The molecule has 0 fully saturated rings. The maximum absolute atomic E-state index is 12.5. The van der Waals surface area contributed by atoms with Crippen molar-refractivity contribution < 1.29 is 9.32 Å². The Balaban J connectivity index is 2.42. The zero-order chi connectivity index (χ0) is 17.0. The summed E-state index contributed by atoms with van der Waals surface area (Å²) in [6.07, 6.45) is 0.858. The Labute approximate surface area is 135 Å². The van der Waals surface area contributed by atoms with Crippen LogP contribution in [0.25, 0.3) is 11.3 Å². The summed E-state index contributed by atoms with van der Waals surface area (Å²) in [5, 5.41) is 6.68. The van der Waals surface area contributed by atoms with Gasteiger partial charge in [0.15, 0.2) is 5.96 Å². The van der Waals surface area contributed by atoms with Crippen LogP contribution in [0.3, 0.4) is 0 Å². The molecule has 2 aromatic rings. The predicted octanol–water partition coefficient (Wildman–Crippen LogP) is 2.72. The largest absolute Gasteiger partial charge is 0.370 e. The molecule has 1 aromatic heterocycles. The molecule has 0 saturated carbocycles. The summed E-state index contributed by atoms with van der Waals surface area (Å²) < 4.78 is 5.25. The number of aryl methyl sites for hydroxylation is 3. The van der Waals surface area contributed by atoms with E-state index in [1.807, 2.05) is 39.0 Å². The SMILES string of the molecule is CCCN=C(N)NC(=O)c1c(-c2c(C)cccc2C)noc1C. The second-order valence-corrected chi connectivity index (χ2v) is 5.45. The van der Waals surface area contributed by atoms with Crippen LogP contribution in [0.5, 0.6) is 0 Å². The minimum atomic E-state index is -0.362. The van der Waals surface area contributed by atoms with Gasteiger partial charge < -0.3 is 10.3 Å². The van der Waals surface area contributed by atoms with E-state index in [1.165, 1.54) is 0 Å². The number of hydrogen-bond acceptors (Lipinski definition) is 4. The van der Waals surface area contributed by atoms with Gasteiger partial charge >= 0.3 is 0 Å². The number of aliphatic imine (C=N–C) groups is 1. The Morgan fingerprint density at radius 2 is 1.96 bits per heavy atom. The molecule has 6 nitrogen and oxygen atoms in total. The molecule has 0 bridgehead atoms. The number of carbonyl (C=O) groups is 1. The Kier molecular flexibility index (Phi) is 5.16. The summed E-state index contributed by atoms with van der Waals surface area (Å²) >= 11 is 0. The number of rotatable bonds is 4. The topological polar surface area (TPSA) is 93.5 Å². The molecule has 0 atom stereocenters. The van der Waals surface area contributed by atoms with Crippen LogP contribution >= 0.6 is 0 Å². The number of aromatic nitrogens is 1. The normalized spacial score (nSPS) is 11.6. The molecular weight excluding hydrogens is 292 g/mol. The van der Waals surface area contributed by atoms with E-state index in [1.54, 1.807) is 6.92 Å². The summed E-state index contributed by atoms with van der Waals surface area (Å²) in [6, 6.07) is 5.92. The minimum Gasteiger partial charge on any atom is -0.370 e. The van der Waals surface area contributed by atoms with Gasteiger partial charge in [-0.1, -0.05) is 30.3 Å². The number of nitrogens with zero attached hydrogens (tertiary/aromatic N) is 2. The maximum atomic E-state index is 12.5. The van der Waals surface area contributed by atoms with Crippen LogP contribution in [-0.2, 0) is 0 Å². The number of hydrogen-bond donors (Lipinski definition) is 2. The van der Waals surface area contributed by atoms with Crippen molar-refractivity contribution in [2.75, 3.05) is 6.54 Å². The molecule has 6 heteroatoms. The quantitative estimate of drug-likeness (QED) is 0.670. The molecular formula is C17H22N4O2. The van der Waals surface area contributed by atoms with Crippen LogP contribution in [0, 0.1) is 20.8 Å². The standard InChI is InChI=1S/C17H22N4O2/c1-5-9-19-17(18)20-16(22)14-12(4)23-21-15(14)13-10(2)7-6-8-11(13)3/h6-8H,5,9H2,1-4H3,(H3,18,19,20,22). The van der Waals surface area contributed by atoms with Gasteiger partial charge in [-0.3, -0.25) is 15.1 Å². The monoisotopic (exact) mass is 314 g/mol. The Hall–Kier alpha value is -2.63. The Morgan fingerprint density at radius 1 is 1.30 bits per heavy atom. The first-order valence-electron chi connectivity index (χ1n) is 7.59. The number of benzene rings is 1. The van der Waals surface area contributed by atoms with Crippen molar-refractivity contribution >= 4 is 11.9 Å². The van der Waals surface area contributed by atoms with Crippen molar-refractivity contribution in [3.8, 4) is 11.3 Å². The fraction of sp³-hybridized carbons (Fsp3) is 0.353. The Morgan fingerprint density at radius 3 is 2.57 bits per heavy atom. The van der Waals surface area contributed by atoms with Gasteiger partial charge in [-0.05, 0) is 38.3 Å². The van der Waals surface area contributed by atoms with Crippen LogP contribution in [0.15, 0.2) is 27.7 Å². The fourth-order valence-corrected chi connectivity index (χ4v) is 2.45. The highest BCUT2D eigenvalue weighted by atomic mass is 16.5. The lowest BCUT2D eigenvalue weighted by atomic mass is 9.96. The molecule has 0 radical (unpaired) electrons. The van der Waals surface area contributed by atoms with E-state index >= 15 is 0 Å². The summed E-state index contributed by atoms with van der Waals surface area (Å²) in [6.45, 7) is 8.22. The molecule has 122 valence electrons. The molecule has 2 rings (SSSR count). The van der Waals surface area contributed by atoms with Crippen molar-refractivity contribution in [3.05, 3.63) is 40.6 Å². The van der Waals surface area contributed by atoms with Gasteiger partial charge in [0.25, 0.3) is 5.91 Å². The Bertz CT molecular complexity index is 727. The number of guanidine groups is 1. The molecule has 23 heavy (non-hydrogen) atoms. The van der Waals surface area contributed by atoms with E-state index in [9.17, 15) is 4.79 Å². The zero-order valence-corrected chi connectivity index (χ0v) is 13.9. The summed E-state index contributed by atoms with van der Waals surface area (Å²) in [5.41, 5.74) is 9.60. The third-order valence-corrected chi connectivity index (χ3v) is 3.56. The molecule has 0 unspecified atom stereocenters. The zero-order valence-electron chi connectivity index (χ0n) is 13.9. The third-order valence-electron chi connectivity index (χ3n) is 3.56. The number of nitrogens with one attached hydrogen (secondary N) is 1. The van der Waals surface area contributed by atoms with E-state index in [4.69, 9.17) is 10.3 Å². The highest BCUT2D eigenvalue weighted by Crippen LogP contribution is 2.30. The first kappa shape index (κ1) is 16.7. The van der Waals surface area contributed by atoms with Gasteiger partial charge in [0.05, 0.1) is 0 Å². The van der Waals surface area contributed by atoms with Crippen LogP contribution in [-0.4, -0.2) is 23.6 Å². The maximum Gasteiger partial charge on any atom is 0.263 e. The number of amides is 1. The van der Waals surface area contributed by atoms with E-state index in [2.05, 4.69) is 15.5 Å². The van der Waals surface area contributed by atoms with Gasteiger partial charge in [-0.15, -0.1) is 0 Å². The second kappa shape index (κ2) is 7.09. The van der Waals surface area contributed by atoms with Gasteiger partial charge in [-0.2, -0.15) is 0 Å². The molecule has 1 heterocycles. The molecule has 0 saturated heterocycles. The van der Waals surface area contributed by atoms with Crippen molar-refractivity contribution in [2.45, 2.75) is 34.1 Å². The van der Waals surface area contributed by atoms with E-state index < -0.39 is 0 Å². The molecule has 0 aliphatic rings. The van der Waals surface area contributed by atoms with Crippen LogP contribution in [0.2, 0.25) is 0 Å². The van der Waals surface area contributed by atoms with Crippen molar-refractivity contribution in [1.29, 1.82) is 0 Å². The van der Waals surface area contributed by atoms with E-state index in [0.29, 0.717) is 23.6 Å². The molecule has 1 amide bonds. The van der Waals surface area contributed by atoms with Gasteiger partial charge in [0, 0.05) is 12.1 Å². The average molecular weight is 314 g/mol. The first-order chi connectivity index (χ1) is 11.0.